The molecule has 25 heavy (non-hydrogen) atoms. The van der Waals surface area contributed by atoms with Gasteiger partial charge in [-0.2, -0.15) is 5.10 Å². The molecule has 0 aliphatic carbocycles. The monoisotopic (exact) mass is 339 g/mol. The first-order valence-corrected chi connectivity index (χ1v) is 8.33. The molecule has 0 radical (unpaired) electrons. The normalized spacial score (nSPS) is 10.6. The summed E-state index contributed by atoms with van der Waals surface area (Å²) in [6.07, 6.45) is 2.79. The van der Waals surface area contributed by atoms with Crippen molar-refractivity contribution >= 4 is 22.5 Å². The van der Waals surface area contributed by atoms with Crippen LogP contribution in [0, 0.1) is 0 Å². The topological polar surface area (TPSA) is 76.2 Å². The van der Waals surface area contributed by atoms with E-state index in [2.05, 4.69) is 15.5 Å². The Morgan fingerprint density at radius 1 is 1.12 bits per heavy atom. The summed E-state index contributed by atoms with van der Waals surface area (Å²) in [5.41, 5.74) is 1.66. The number of nitrogens with one attached hydrogen (secondary N) is 2. The molecular formula is C19H21N3O3. The lowest BCUT2D eigenvalue weighted by Crippen LogP contribution is -2.12. The van der Waals surface area contributed by atoms with Crippen LogP contribution >= 0.6 is 0 Å². The Hall–Kier alpha value is -3.02. The van der Waals surface area contributed by atoms with Gasteiger partial charge in [0, 0.05) is 17.5 Å². The van der Waals surface area contributed by atoms with Crippen molar-refractivity contribution in [1.82, 2.24) is 10.2 Å². The van der Waals surface area contributed by atoms with Crippen molar-refractivity contribution in [2.75, 3.05) is 18.5 Å². The number of aromatic amines is 1. The highest BCUT2D eigenvalue weighted by molar-refractivity contribution is 5.93. The van der Waals surface area contributed by atoms with Crippen molar-refractivity contribution in [2.45, 2.75) is 19.8 Å². The van der Waals surface area contributed by atoms with Gasteiger partial charge >= 0.3 is 0 Å². The number of carbonyl (C=O) groups excluding carboxylic acids is 1. The minimum absolute atomic E-state index is 0.0332. The Labute approximate surface area is 146 Å². The Morgan fingerprint density at radius 3 is 2.64 bits per heavy atom. The van der Waals surface area contributed by atoms with Crippen molar-refractivity contribution in [3.63, 3.8) is 0 Å². The van der Waals surface area contributed by atoms with Crippen molar-refractivity contribution < 1.29 is 14.3 Å². The van der Waals surface area contributed by atoms with Gasteiger partial charge in [0.15, 0.2) is 0 Å². The maximum atomic E-state index is 12.0. The molecular weight excluding hydrogens is 318 g/mol. The fraction of sp³-hybridized carbons (Fsp3) is 0.263. The van der Waals surface area contributed by atoms with Gasteiger partial charge in [-0.15, -0.1) is 0 Å². The molecule has 0 aliphatic rings. The van der Waals surface area contributed by atoms with Gasteiger partial charge in [0.05, 0.1) is 24.9 Å². The maximum Gasteiger partial charge on any atom is 0.224 e. The number of ether oxygens (including phenoxy) is 2. The van der Waals surface area contributed by atoms with Crippen LogP contribution in [-0.4, -0.2) is 29.3 Å². The van der Waals surface area contributed by atoms with Crippen molar-refractivity contribution in [2.24, 2.45) is 0 Å². The van der Waals surface area contributed by atoms with Gasteiger partial charge < -0.3 is 14.8 Å². The van der Waals surface area contributed by atoms with E-state index >= 15 is 0 Å². The average Bonchev–Trinajstić information content (AvgIpc) is 3.08. The van der Waals surface area contributed by atoms with E-state index in [-0.39, 0.29) is 5.91 Å². The first kappa shape index (κ1) is 16.8. The van der Waals surface area contributed by atoms with Gasteiger partial charge in [0.1, 0.15) is 11.5 Å². The maximum absolute atomic E-state index is 12.0. The van der Waals surface area contributed by atoms with Gasteiger partial charge in [-0.25, -0.2) is 0 Å². The van der Waals surface area contributed by atoms with Crippen molar-refractivity contribution in [3.8, 4) is 11.5 Å². The number of rotatable bonds is 8. The van der Waals surface area contributed by atoms with Crippen molar-refractivity contribution in [3.05, 3.63) is 48.7 Å². The molecule has 3 aromatic rings. The summed E-state index contributed by atoms with van der Waals surface area (Å²) in [5, 5.41) is 10.8. The number of hydrogen-bond acceptors (Lipinski definition) is 4. The largest absolute Gasteiger partial charge is 0.494 e. The van der Waals surface area contributed by atoms with Crippen LogP contribution in [0.5, 0.6) is 11.5 Å². The second-order valence-electron chi connectivity index (χ2n) is 5.58. The Bertz CT molecular complexity index is 827. The van der Waals surface area contributed by atoms with Crippen LogP contribution in [0.15, 0.2) is 48.7 Å². The molecule has 0 spiro atoms. The van der Waals surface area contributed by atoms with E-state index in [9.17, 15) is 4.79 Å². The quantitative estimate of drug-likeness (QED) is 0.613. The highest BCUT2D eigenvalue weighted by Crippen LogP contribution is 2.18. The summed E-state index contributed by atoms with van der Waals surface area (Å²) >= 11 is 0. The van der Waals surface area contributed by atoms with Crippen LogP contribution in [0.3, 0.4) is 0 Å². The zero-order valence-corrected chi connectivity index (χ0v) is 14.1. The molecule has 0 bridgehead atoms. The molecule has 2 N–H and O–H groups in total. The second-order valence-corrected chi connectivity index (χ2v) is 5.58. The number of benzene rings is 2. The van der Waals surface area contributed by atoms with Crippen LogP contribution < -0.4 is 14.8 Å². The van der Waals surface area contributed by atoms with E-state index in [0.717, 1.165) is 28.1 Å². The number of hydrogen-bond donors (Lipinski definition) is 2. The molecule has 2 aromatic carbocycles. The lowest BCUT2D eigenvalue weighted by atomic mass is 10.2. The molecule has 0 atom stereocenters. The van der Waals surface area contributed by atoms with E-state index in [1.807, 2.05) is 49.4 Å². The SMILES string of the molecule is CCOc1ccc(OCCCC(=O)Nc2ccc3cn[nH]c3c2)cc1. The predicted molar refractivity (Wildman–Crippen MR) is 97.1 cm³/mol. The molecule has 130 valence electrons. The number of nitrogens with zero attached hydrogens (tertiary/aromatic N) is 1. The number of fused-ring (bicyclic) bond motifs is 1. The molecule has 1 aromatic heterocycles. The molecule has 6 nitrogen and oxygen atoms in total. The number of H-pyrrole nitrogens is 1. The third kappa shape index (κ3) is 4.73. The van der Waals surface area contributed by atoms with Gasteiger partial charge in [-0.3, -0.25) is 9.89 Å². The average molecular weight is 339 g/mol. The fourth-order valence-electron chi connectivity index (χ4n) is 2.46. The highest BCUT2D eigenvalue weighted by atomic mass is 16.5. The molecule has 0 aliphatic heterocycles. The first-order valence-electron chi connectivity index (χ1n) is 8.33. The molecule has 0 unspecified atom stereocenters. The van der Waals surface area contributed by atoms with Crippen LogP contribution in [0.4, 0.5) is 5.69 Å². The lowest BCUT2D eigenvalue weighted by Gasteiger charge is -2.08. The van der Waals surface area contributed by atoms with E-state index in [1.54, 1.807) is 6.20 Å². The third-order valence-corrected chi connectivity index (χ3v) is 3.68. The van der Waals surface area contributed by atoms with Gasteiger partial charge in [0.25, 0.3) is 0 Å². The zero-order valence-electron chi connectivity index (χ0n) is 14.1. The standard InChI is InChI=1S/C19H21N3O3/c1-2-24-16-7-9-17(10-8-16)25-11-3-4-19(23)21-15-6-5-14-13-20-22-18(14)12-15/h5-10,12-13H,2-4,11H2,1H3,(H,20,22)(H,21,23). The van der Waals surface area contributed by atoms with Crippen LogP contribution in [0.25, 0.3) is 10.9 Å². The Morgan fingerprint density at radius 2 is 1.88 bits per heavy atom. The number of amides is 1. The summed E-state index contributed by atoms with van der Waals surface area (Å²) in [5.74, 6) is 1.56. The third-order valence-electron chi connectivity index (χ3n) is 3.68. The predicted octanol–water partition coefficient (Wildman–Crippen LogP) is 3.76. The van der Waals surface area contributed by atoms with Crippen LogP contribution in [0.2, 0.25) is 0 Å². The summed E-state index contributed by atoms with van der Waals surface area (Å²) in [6, 6.07) is 13.1. The first-order chi connectivity index (χ1) is 12.2. The summed E-state index contributed by atoms with van der Waals surface area (Å²) < 4.78 is 11.0. The number of carbonyl (C=O) groups is 1. The van der Waals surface area contributed by atoms with E-state index in [4.69, 9.17) is 9.47 Å². The Kier molecular flexibility index (Phi) is 5.51. The van der Waals surface area contributed by atoms with Crippen molar-refractivity contribution in [1.29, 1.82) is 0 Å². The molecule has 1 heterocycles. The second kappa shape index (κ2) is 8.19. The molecule has 3 rings (SSSR count). The van der Waals surface area contributed by atoms with Gasteiger partial charge in [-0.05, 0) is 55.8 Å². The molecule has 0 saturated heterocycles. The van der Waals surface area contributed by atoms with E-state index < -0.39 is 0 Å². The molecule has 6 heteroatoms. The minimum Gasteiger partial charge on any atom is -0.494 e. The van der Waals surface area contributed by atoms with Gasteiger partial charge in [0.2, 0.25) is 5.91 Å². The lowest BCUT2D eigenvalue weighted by molar-refractivity contribution is -0.116. The summed E-state index contributed by atoms with van der Waals surface area (Å²) in [7, 11) is 0. The van der Waals surface area contributed by atoms with Crippen LogP contribution in [0.1, 0.15) is 19.8 Å². The minimum atomic E-state index is -0.0332. The summed E-state index contributed by atoms with van der Waals surface area (Å²) in [4.78, 5) is 12.0. The van der Waals surface area contributed by atoms with Crippen LogP contribution in [-0.2, 0) is 4.79 Å². The van der Waals surface area contributed by atoms with E-state index in [0.29, 0.717) is 26.1 Å². The molecule has 1 amide bonds. The zero-order chi connectivity index (χ0) is 17.5. The fourth-order valence-corrected chi connectivity index (χ4v) is 2.46. The highest BCUT2D eigenvalue weighted by Gasteiger charge is 2.04. The molecule has 0 saturated carbocycles. The number of aromatic nitrogens is 2. The number of anilines is 1. The smallest absolute Gasteiger partial charge is 0.224 e. The van der Waals surface area contributed by atoms with Gasteiger partial charge in [-0.1, -0.05) is 0 Å². The van der Waals surface area contributed by atoms with E-state index in [1.165, 1.54) is 0 Å². The summed E-state index contributed by atoms with van der Waals surface area (Å²) in [6.45, 7) is 3.08. The molecule has 0 fully saturated rings. The Balaban J connectivity index is 1.40.